The van der Waals surface area contributed by atoms with Crippen molar-refractivity contribution in [1.82, 2.24) is 9.55 Å². The molecule has 0 fully saturated rings. The van der Waals surface area contributed by atoms with Crippen LogP contribution in [0.3, 0.4) is 0 Å². The lowest BCUT2D eigenvalue weighted by Gasteiger charge is -2.02. The number of halogens is 2. The van der Waals surface area contributed by atoms with Gasteiger partial charge in [-0.15, -0.1) is 0 Å². The Kier molecular flexibility index (Phi) is 3.34. The van der Waals surface area contributed by atoms with Gasteiger partial charge in [-0.3, -0.25) is 4.79 Å². The molecular formula is C10H8ClIN2O2. The lowest BCUT2D eigenvalue weighted by Crippen LogP contribution is -2.10. The molecule has 0 spiro atoms. The van der Waals surface area contributed by atoms with Crippen LogP contribution < -0.4 is 0 Å². The van der Waals surface area contributed by atoms with Gasteiger partial charge in [-0.2, -0.15) is 0 Å². The Balaban J connectivity index is 2.52. The van der Waals surface area contributed by atoms with Crippen molar-refractivity contribution in [2.24, 2.45) is 0 Å². The van der Waals surface area contributed by atoms with Crippen molar-refractivity contribution in [2.75, 3.05) is 7.11 Å². The third kappa shape index (κ3) is 2.15. The Hall–Kier alpha value is -0.820. The molecule has 0 aliphatic carbocycles. The lowest BCUT2D eigenvalue weighted by molar-refractivity contribution is -0.141. The molecule has 0 unspecified atom stereocenters. The molecule has 4 nitrogen and oxygen atoms in total. The van der Waals surface area contributed by atoms with Crippen LogP contribution in [-0.2, 0) is 16.1 Å². The van der Waals surface area contributed by atoms with E-state index in [0.717, 1.165) is 8.96 Å². The zero-order valence-electron chi connectivity index (χ0n) is 8.41. The highest BCUT2D eigenvalue weighted by Crippen LogP contribution is 2.23. The molecule has 0 N–H and O–H groups in total. The number of fused-ring (bicyclic) bond motifs is 1. The SMILES string of the molecule is COC(=O)Cn1cc(I)c2ccc(Cl)nc21. The summed E-state index contributed by atoms with van der Waals surface area (Å²) in [4.78, 5) is 15.4. The number of hydrogen-bond donors (Lipinski definition) is 0. The Morgan fingerprint density at radius 2 is 2.38 bits per heavy atom. The van der Waals surface area contributed by atoms with Crippen molar-refractivity contribution in [3.63, 3.8) is 0 Å². The highest BCUT2D eigenvalue weighted by Gasteiger charge is 2.11. The summed E-state index contributed by atoms with van der Waals surface area (Å²) in [7, 11) is 1.36. The largest absolute Gasteiger partial charge is 0.468 e. The van der Waals surface area contributed by atoms with Crippen molar-refractivity contribution in [2.45, 2.75) is 6.54 Å². The van der Waals surface area contributed by atoms with E-state index in [9.17, 15) is 4.79 Å². The molecule has 0 amide bonds. The van der Waals surface area contributed by atoms with Crippen LogP contribution in [0.5, 0.6) is 0 Å². The quantitative estimate of drug-likeness (QED) is 0.475. The molecule has 2 rings (SSSR count). The standard InChI is InChI=1S/C10H8ClIN2O2/c1-16-9(15)5-14-4-7(12)6-2-3-8(11)13-10(6)14/h2-4H,5H2,1H3. The van der Waals surface area contributed by atoms with E-state index in [1.165, 1.54) is 7.11 Å². The molecule has 2 aromatic rings. The van der Waals surface area contributed by atoms with Gasteiger partial charge in [0.2, 0.25) is 0 Å². The van der Waals surface area contributed by atoms with Crippen molar-refractivity contribution in [1.29, 1.82) is 0 Å². The molecule has 0 aliphatic heterocycles. The monoisotopic (exact) mass is 350 g/mol. The minimum absolute atomic E-state index is 0.142. The van der Waals surface area contributed by atoms with Crippen LogP contribution in [0.2, 0.25) is 5.15 Å². The summed E-state index contributed by atoms with van der Waals surface area (Å²) >= 11 is 8.02. The third-order valence-corrected chi connectivity index (χ3v) is 3.24. The van der Waals surface area contributed by atoms with E-state index < -0.39 is 0 Å². The van der Waals surface area contributed by atoms with E-state index in [-0.39, 0.29) is 12.5 Å². The summed E-state index contributed by atoms with van der Waals surface area (Å²) < 4.78 is 7.38. The second kappa shape index (κ2) is 4.58. The minimum atomic E-state index is -0.310. The molecule has 6 heteroatoms. The van der Waals surface area contributed by atoms with Crippen LogP contribution >= 0.6 is 34.2 Å². The fourth-order valence-electron chi connectivity index (χ4n) is 1.42. The van der Waals surface area contributed by atoms with Gasteiger partial charge in [-0.1, -0.05) is 11.6 Å². The zero-order chi connectivity index (χ0) is 11.7. The maximum Gasteiger partial charge on any atom is 0.325 e. The summed E-state index contributed by atoms with van der Waals surface area (Å²) in [6.07, 6.45) is 1.85. The number of carbonyl (C=O) groups is 1. The number of nitrogens with zero attached hydrogens (tertiary/aromatic N) is 2. The van der Waals surface area contributed by atoms with Crippen LogP contribution in [0.15, 0.2) is 18.3 Å². The van der Waals surface area contributed by atoms with E-state index >= 15 is 0 Å². The number of hydrogen-bond acceptors (Lipinski definition) is 3. The molecule has 0 radical (unpaired) electrons. The number of methoxy groups -OCH3 is 1. The minimum Gasteiger partial charge on any atom is -0.468 e. The first-order chi connectivity index (χ1) is 7.61. The fraction of sp³-hybridized carbons (Fsp3) is 0.200. The topological polar surface area (TPSA) is 44.1 Å². The van der Waals surface area contributed by atoms with Crippen LogP contribution in [0.25, 0.3) is 11.0 Å². The Morgan fingerprint density at radius 1 is 1.62 bits per heavy atom. The van der Waals surface area contributed by atoms with Crippen molar-refractivity contribution < 1.29 is 9.53 Å². The highest BCUT2D eigenvalue weighted by atomic mass is 127. The molecule has 0 saturated heterocycles. The predicted octanol–water partition coefficient (Wildman–Crippen LogP) is 2.47. The number of aromatic nitrogens is 2. The van der Waals surface area contributed by atoms with E-state index in [1.807, 2.05) is 12.3 Å². The van der Waals surface area contributed by atoms with Gasteiger partial charge in [0.1, 0.15) is 17.3 Å². The van der Waals surface area contributed by atoms with Gasteiger partial charge in [0.15, 0.2) is 0 Å². The first kappa shape index (κ1) is 11.7. The summed E-state index contributed by atoms with van der Waals surface area (Å²) in [6.45, 7) is 0.142. The maximum absolute atomic E-state index is 11.2. The first-order valence-electron chi connectivity index (χ1n) is 4.49. The average Bonchev–Trinajstić information content (AvgIpc) is 2.55. The van der Waals surface area contributed by atoms with Crippen LogP contribution in [0, 0.1) is 3.57 Å². The van der Waals surface area contributed by atoms with Crippen molar-refractivity contribution >= 4 is 51.2 Å². The molecule has 2 heterocycles. The molecule has 0 atom stereocenters. The van der Waals surface area contributed by atoms with E-state index in [0.29, 0.717) is 10.8 Å². The number of esters is 1. The molecule has 84 valence electrons. The predicted molar refractivity (Wildman–Crippen MR) is 69.5 cm³/mol. The second-order valence-corrected chi connectivity index (χ2v) is 4.74. The molecule has 0 bridgehead atoms. The summed E-state index contributed by atoms with van der Waals surface area (Å²) in [5.74, 6) is -0.310. The number of rotatable bonds is 2. The van der Waals surface area contributed by atoms with E-state index in [1.54, 1.807) is 10.6 Å². The Labute approximate surface area is 111 Å². The van der Waals surface area contributed by atoms with Gasteiger partial charge in [0.05, 0.1) is 7.11 Å². The van der Waals surface area contributed by atoms with Crippen LogP contribution in [0.4, 0.5) is 0 Å². The van der Waals surface area contributed by atoms with Crippen molar-refractivity contribution in [3.8, 4) is 0 Å². The summed E-state index contributed by atoms with van der Waals surface area (Å²) in [6, 6.07) is 3.62. The van der Waals surface area contributed by atoms with E-state index in [4.69, 9.17) is 11.6 Å². The van der Waals surface area contributed by atoms with Crippen LogP contribution in [0.1, 0.15) is 0 Å². The first-order valence-corrected chi connectivity index (χ1v) is 5.95. The molecule has 16 heavy (non-hydrogen) atoms. The average molecular weight is 351 g/mol. The Bertz CT molecular complexity index is 553. The normalized spacial score (nSPS) is 10.7. The zero-order valence-corrected chi connectivity index (χ0v) is 11.3. The number of ether oxygens (including phenoxy) is 1. The van der Waals surface area contributed by atoms with Gasteiger partial charge in [-0.25, -0.2) is 4.98 Å². The molecule has 0 aromatic carbocycles. The summed E-state index contributed by atoms with van der Waals surface area (Å²) in [5.41, 5.74) is 0.697. The molecule has 2 aromatic heterocycles. The molecular weight excluding hydrogens is 342 g/mol. The van der Waals surface area contributed by atoms with Gasteiger partial charge in [0, 0.05) is 15.2 Å². The number of carbonyl (C=O) groups excluding carboxylic acids is 1. The van der Waals surface area contributed by atoms with Crippen LogP contribution in [-0.4, -0.2) is 22.6 Å². The second-order valence-electron chi connectivity index (χ2n) is 3.19. The Morgan fingerprint density at radius 3 is 3.06 bits per heavy atom. The van der Waals surface area contributed by atoms with Crippen molar-refractivity contribution in [3.05, 3.63) is 27.1 Å². The highest BCUT2D eigenvalue weighted by molar-refractivity contribution is 14.1. The molecule has 0 aliphatic rings. The van der Waals surface area contributed by atoms with E-state index in [2.05, 4.69) is 32.3 Å². The lowest BCUT2D eigenvalue weighted by atomic mass is 10.3. The maximum atomic E-state index is 11.2. The smallest absolute Gasteiger partial charge is 0.325 e. The molecule has 0 saturated carbocycles. The summed E-state index contributed by atoms with van der Waals surface area (Å²) in [5, 5.41) is 1.39. The number of pyridine rings is 1. The van der Waals surface area contributed by atoms with Gasteiger partial charge in [0.25, 0.3) is 0 Å². The van der Waals surface area contributed by atoms with Gasteiger partial charge < -0.3 is 9.30 Å². The van der Waals surface area contributed by atoms with Gasteiger partial charge in [-0.05, 0) is 34.7 Å². The third-order valence-electron chi connectivity index (χ3n) is 2.17. The fourth-order valence-corrected chi connectivity index (χ4v) is 2.32. The van der Waals surface area contributed by atoms with Gasteiger partial charge >= 0.3 is 5.97 Å².